The summed E-state index contributed by atoms with van der Waals surface area (Å²) >= 11 is 0. The molecule has 0 saturated carbocycles. The van der Waals surface area contributed by atoms with Gasteiger partial charge in [0.2, 0.25) is 17.1 Å². The van der Waals surface area contributed by atoms with Gasteiger partial charge in [0.15, 0.2) is 16.8 Å². The maximum Gasteiger partial charge on any atom is 0.345 e. The van der Waals surface area contributed by atoms with Gasteiger partial charge in [-0.2, -0.15) is 4.98 Å². The Labute approximate surface area is 170 Å². The van der Waals surface area contributed by atoms with E-state index in [0.29, 0.717) is 34.5 Å². The molecule has 0 amide bonds. The van der Waals surface area contributed by atoms with Crippen LogP contribution in [0, 0.1) is 11.8 Å². The topological polar surface area (TPSA) is 104 Å². The number of anilines is 1. The largest absolute Gasteiger partial charge is 0.477 e. The molecule has 0 spiro atoms. The van der Waals surface area contributed by atoms with Gasteiger partial charge in [0.1, 0.15) is 0 Å². The quantitative estimate of drug-likeness (QED) is 0.537. The number of para-hydroxylation sites is 2. The number of hydrogen-bond acceptors (Lipinski definition) is 7. The molecule has 1 aromatic carbocycles. The summed E-state index contributed by atoms with van der Waals surface area (Å²) in [5, 5.41) is 9.83. The minimum absolute atomic E-state index is 0.00855. The van der Waals surface area contributed by atoms with Crippen molar-refractivity contribution >= 4 is 39.8 Å². The normalized spacial score (nSPS) is 21.8. The summed E-state index contributed by atoms with van der Waals surface area (Å²) in [5.41, 5.74) is 0.460. The van der Waals surface area contributed by atoms with E-state index >= 15 is 0 Å². The number of rotatable bonds is 2. The third kappa shape index (κ3) is 2.32. The van der Waals surface area contributed by atoms with Gasteiger partial charge in [0.25, 0.3) is 0 Å². The molecule has 9 nitrogen and oxygen atoms in total. The van der Waals surface area contributed by atoms with Crippen molar-refractivity contribution in [3.63, 3.8) is 0 Å². The lowest BCUT2D eigenvalue weighted by Gasteiger charge is -2.19. The minimum Gasteiger partial charge on any atom is -0.477 e. The van der Waals surface area contributed by atoms with E-state index in [1.165, 1.54) is 6.20 Å². The predicted octanol–water partition coefficient (Wildman–Crippen LogP) is 1.68. The third-order valence-corrected chi connectivity index (χ3v) is 6.33. The standard InChI is InChI=1S/C21H19N5O4/c1-24-7-11-9-25(10-12(11)8-24)21-22-6-13-17(27)16(20(28)29)19-26(18(13)23-21)14-4-2-3-5-15(14)30-19/h2-6,11-12H,7-10H2,1H3,(H,28,29). The van der Waals surface area contributed by atoms with Crippen LogP contribution in [0.25, 0.3) is 27.8 Å². The molecular weight excluding hydrogens is 386 g/mol. The van der Waals surface area contributed by atoms with Crippen LogP contribution in [-0.4, -0.2) is 63.6 Å². The Bertz CT molecular complexity index is 1390. The number of hydrogen-bond donors (Lipinski definition) is 1. The van der Waals surface area contributed by atoms with E-state index in [9.17, 15) is 14.7 Å². The highest BCUT2D eigenvalue weighted by Gasteiger charge is 2.39. The first-order valence-electron chi connectivity index (χ1n) is 9.91. The van der Waals surface area contributed by atoms with Crippen molar-refractivity contribution in [1.29, 1.82) is 0 Å². The zero-order chi connectivity index (χ0) is 20.6. The maximum absolute atomic E-state index is 12.9. The van der Waals surface area contributed by atoms with E-state index in [2.05, 4.69) is 21.8 Å². The van der Waals surface area contributed by atoms with Crippen LogP contribution in [-0.2, 0) is 0 Å². The molecule has 0 aliphatic carbocycles. The van der Waals surface area contributed by atoms with Crippen molar-refractivity contribution in [3.05, 3.63) is 46.2 Å². The molecule has 1 N–H and O–H groups in total. The highest BCUT2D eigenvalue weighted by atomic mass is 16.4. The molecular formula is C21H19N5O4. The summed E-state index contributed by atoms with van der Waals surface area (Å²) in [5.74, 6) is 0.391. The second-order valence-corrected chi connectivity index (χ2v) is 8.27. The van der Waals surface area contributed by atoms with E-state index in [4.69, 9.17) is 9.40 Å². The molecule has 0 bridgehead atoms. The number of fused-ring (bicyclic) bond motifs is 6. The average molecular weight is 405 g/mol. The smallest absolute Gasteiger partial charge is 0.345 e. The van der Waals surface area contributed by atoms with Gasteiger partial charge in [-0.05, 0) is 31.0 Å². The molecule has 2 aliphatic heterocycles. The fourth-order valence-electron chi connectivity index (χ4n) is 5.02. The van der Waals surface area contributed by atoms with Crippen molar-refractivity contribution < 1.29 is 14.3 Å². The van der Waals surface area contributed by atoms with Gasteiger partial charge in [-0.1, -0.05) is 12.1 Å². The molecule has 3 aromatic heterocycles. The van der Waals surface area contributed by atoms with Crippen LogP contribution in [0.2, 0.25) is 0 Å². The molecule has 9 heteroatoms. The number of benzene rings is 1. The second-order valence-electron chi connectivity index (χ2n) is 8.27. The van der Waals surface area contributed by atoms with E-state index in [0.717, 1.165) is 26.2 Å². The fourth-order valence-corrected chi connectivity index (χ4v) is 5.02. The first kappa shape index (κ1) is 17.4. The summed E-state index contributed by atoms with van der Waals surface area (Å²) in [4.78, 5) is 38.4. The van der Waals surface area contributed by atoms with Crippen LogP contribution in [0.3, 0.4) is 0 Å². The summed E-state index contributed by atoms with van der Waals surface area (Å²) in [6.45, 7) is 3.87. The number of likely N-dealkylation sites (tertiary alicyclic amines) is 1. The molecule has 30 heavy (non-hydrogen) atoms. The van der Waals surface area contributed by atoms with Crippen molar-refractivity contribution in [2.75, 3.05) is 38.1 Å². The van der Waals surface area contributed by atoms with Crippen molar-refractivity contribution in [2.24, 2.45) is 11.8 Å². The number of aromatic carboxylic acids is 1. The Kier molecular flexibility index (Phi) is 3.49. The van der Waals surface area contributed by atoms with E-state index < -0.39 is 17.0 Å². The van der Waals surface area contributed by atoms with Gasteiger partial charge in [-0.3, -0.25) is 9.20 Å². The van der Waals surface area contributed by atoms with Crippen LogP contribution in [0.5, 0.6) is 0 Å². The number of nitrogens with zero attached hydrogens (tertiary/aromatic N) is 5. The first-order valence-corrected chi connectivity index (χ1v) is 9.91. The maximum atomic E-state index is 12.9. The molecule has 2 aliphatic rings. The summed E-state index contributed by atoms with van der Waals surface area (Å²) < 4.78 is 7.39. The van der Waals surface area contributed by atoms with E-state index in [-0.39, 0.29) is 11.1 Å². The molecule has 0 radical (unpaired) electrons. The Morgan fingerprint density at radius 3 is 2.63 bits per heavy atom. The molecule has 4 aromatic rings. The van der Waals surface area contributed by atoms with E-state index in [1.54, 1.807) is 16.5 Å². The van der Waals surface area contributed by atoms with Gasteiger partial charge < -0.3 is 19.3 Å². The Hall–Kier alpha value is -3.46. The lowest BCUT2D eigenvalue weighted by atomic mass is 10.0. The molecule has 6 rings (SSSR count). The zero-order valence-electron chi connectivity index (χ0n) is 16.3. The molecule has 2 saturated heterocycles. The fraction of sp³-hybridized carbons (Fsp3) is 0.333. The van der Waals surface area contributed by atoms with Gasteiger partial charge >= 0.3 is 5.97 Å². The summed E-state index contributed by atoms with van der Waals surface area (Å²) in [6, 6.07) is 7.19. The number of carbonyl (C=O) groups is 1. The number of carboxylic acids is 1. The van der Waals surface area contributed by atoms with Crippen LogP contribution >= 0.6 is 0 Å². The molecule has 5 heterocycles. The molecule has 2 fully saturated rings. The average Bonchev–Trinajstić information content (AvgIpc) is 3.38. The highest BCUT2D eigenvalue weighted by molar-refractivity contribution is 6.00. The van der Waals surface area contributed by atoms with Gasteiger partial charge in [-0.15, -0.1) is 0 Å². The van der Waals surface area contributed by atoms with Crippen molar-refractivity contribution in [1.82, 2.24) is 19.3 Å². The lowest BCUT2D eigenvalue weighted by molar-refractivity contribution is 0.0696. The second kappa shape index (κ2) is 6.02. The van der Waals surface area contributed by atoms with Gasteiger partial charge in [0.05, 0.1) is 10.9 Å². The number of carboxylic acid groups (broad SMARTS) is 1. The van der Waals surface area contributed by atoms with Gasteiger partial charge in [0, 0.05) is 32.4 Å². The predicted molar refractivity (Wildman–Crippen MR) is 110 cm³/mol. The Morgan fingerprint density at radius 2 is 1.90 bits per heavy atom. The molecule has 2 atom stereocenters. The van der Waals surface area contributed by atoms with Crippen molar-refractivity contribution in [2.45, 2.75) is 0 Å². The summed E-state index contributed by atoms with van der Waals surface area (Å²) in [7, 11) is 2.14. The first-order chi connectivity index (χ1) is 14.5. The molecule has 2 unspecified atom stereocenters. The van der Waals surface area contributed by atoms with E-state index in [1.807, 2.05) is 12.1 Å². The SMILES string of the molecule is CN1CC2CN(c3ncc4c(=O)c(C(=O)O)c5oc6ccccc6n5c4n3)CC2C1. The zero-order valence-corrected chi connectivity index (χ0v) is 16.3. The van der Waals surface area contributed by atoms with Crippen molar-refractivity contribution in [3.8, 4) is 0 Å². The van der Waals surface area contributed by atoms with Gasteiger partial charge in [-0.25, -0.2) is 9.78 Å². The van der Waals surface area contributed by atoms with Crippen LogP contribution in [0.1, 0.15) is 10.4 Å². The lowest BCUT2D eigenvalue weighted by Crippen LogP contribution is -2.28. The monoisotopic (exact) mass is 405 g/mol. The number of pyridine rings is 1. The van der Waals surface area contributed by atoms with Crippen LogP contribution < -0.4 is 10.3 Å². The Balaban J connectivity index is 1.60. The molecule has 152 valence electrons. The summed E-state index contributed by atoms with van der Waals surface area (Å²) in [6.07, 6.45) is 1.45. The minimum atomic E-state index is -1.33. The van der Waals surface area contributed by atoms with Crippen LogP contribution in [0.4, 0.5) is 5.95 Å². The number of aromatic nitrogens is 3. The number of oxazole rings is 1. The third-order valence-electron chi connectivity index (χ3n) is 6.33. The highest BCUT2D eigenvalue weighted by Crippen LogP contribution is 2.33. The van der Waals surface area contributed by atoms with Crippen LogP contribution in [0.15, 0.2) is 39.7 Å². The Morgan fingerprint density at radius 1 is 1.17 bits per heavy atom.